The lowest BCUT2D eigenvalue weighted by atomic mass is 9.78. The molecular formula is C24H23Cl2NO2. The number of morpholine rings is 1. The fourth-order valence-electron chi connectivity index (χ4n) is 4.13. The first kappa shape index (κ1) is 20.4. The quantitative estimate of drug-likeness (QED) is 0.570. The lowest BCUT2D eigenvalue weighted by Gasteiger charge is -2.41. The second-order valence-electron chi connectivity index (χ2n) is 7.32. The molecule has 3 aromatic carbocycles. The number of hydrogen-bond donors (Lipinski definition) is 2. The van der Waals surface area contributed by atoms with Crippen LogP contribution in [0.25, 0.3) is 11.1 Å². The van der Waals surface area contributed by atoms with Crippen molar-refractivity contribution in [2.45, 2.75) is 18.6 Å². The van der Waals surface area contributed by atoms with Crippen molar-refractivity contribution in [1.29, 1.82) is 0 Å². The van der Waals surface area contributed by atoms with Crippen molar-refractivity contribution in [3.05, 3.63) is 93.5 Å². The summed E-state index contributed by atoms with van der Waals surface area (Å²) in [7, 11) is 0. The van der Waals surface area contributed by atoms with Crippen LogP contribution in [0.1, 0.15) is 29.7 Å². The highest BCUT2D eigenvalue weighted by Crippen LogP contribution is 2.43. The van der Waals surface area contributed by atoms with Gasteiger partial charge in [-0.3, -0.25) is 0 Å². The summed E-state index contributed by atoms with van der Waals surface area (Å²) in [5.74, 6) is 0. The Bertz CT molecular complexity index is 993. The van der Waals surface area contributed by atoms with Gasteiger partial charge in [0.1, 0.15) is 5.60 Å². The van der Waals surface area contributed by atoms with E-state index in [9.17, 15) is 5.11 Å². The predicted molar refractivity (Wildman–Crippen MR) is 119 cm³/mol. The summed E-state index contributed by atoms with van der Waals surface area (Å²) in [6.07, 6.45) is -0.610. The average molecular weight is 428 g/mol. The number of halogens is 2. The summed E-state index contributed by atoms with van der Waals surface area (Å²) in [5.41, 5.74) is 4.02. The van der Waals surface area contributed by atoms with Gasteiger partial charge >= 0.3 is 0 Å². The molecule has 0 spiro atoms. The van der Waals surface area contributed by atoms with E-state index in [-0.39, 0.29) is 0 Å². The fraction of sp³-hybridized carbons (Fsp3) is 0.250. The second kappa shape index (κ2) is 8.47. The predicted octanol–water partition coefficient (Wildman–Crippen LogP) is 5.58. The summed E-state index contributed by atoms with van der Waals surface area (Å²) >= 11 is 12.6. The third-order valence-corrected chi connectivity index (χ3v) is 5.82. The minimum Gasteiger partial charge on any atom is -0.389 e. The van der Waals surface area contributed by atoms with Gasteiger partial charge in [0, 0.05) is 23.1 Å². The molecular weight excluding hydrogens is 405 g/mol. The van der Waals surface area contributed by atoms with Crippen LogP contribution in [0.2, 0.25) is 10.0 Å². The molecule has 2 N–H and O–H groups in total. The van der Waals surface area contributed by atoms with Gasteiger partial charge in [-0.1, -0.05) is 71.7 Å². The van der Waals surface area contributed by atoms with E-state index in [1.807, 2.05) is 48.5 Å². The van der Waals surface area contributed by atoms with Crippen LogP contribution >= 0.6 is 23.2 Å². The number of nitrogens with one attached hydrogen (secondary N) is 1. The Balaban J connectivity index is 1.97. The number of aliphatic hydroxyl groups is 1. The third-order valence-electron chi connectivity index (χ3n) is 5.38. The van der Waals surface area contributed by atoms with E-state index in [1.165, 1.54) is 0 Å². The highest BCUT2D eigenvalue weighted by atomic mass is 35.5. The molecule has 0 bridgehead atoms. The number of aliphatic hydroxyl groups excluding tert-OH is 1. The Morgan fingerprint density at radius 3 is 2.28 bits per heavy atom. The van der Waals surface area contributed by atoms with Gasteiger partial charge in [0.15, 0.2) is 0 Å². The summed E-state index contributed by atoms with van der Waals surface area (Å²) in [6, 6.07) is 21.6. The van der Waals surface area contributed by atoms with Gasteiger partial charge in [-0.25, -0.2) is 0 Å². The van der Waals surface area contributed by atoms with Crippen LogP contribution < -0.4 is 5.32 Å². The molecule has 0 amide bonds. The highest BCUT2D eigenvalue weighted by Gasteiger charge is 2.41. The van der Waals surface area contributed by atoms with Crippen LogP contribution in [0, 0.1) is 0 Å². The van der Waals surface area contributed by atoms with E-state index in [0.717, 1.165) is 34.4 Å². The second-order valence-corrected chi connectivity index (χ2v) is 8.19. The molecule has 0 aromatic heterocycles. The van der Waals surface area contributed by atoms with E-state index < -0.39 is 11.7 Å². The van der Waals surface area contributed by atoms with E-state index in [4.69, 9.17) is 27.9 Å². The monoisotopic (exact) mass is 427 g/mol. The Morgan fingerprint density at radius 2 is 1.62 bits per heavy atom. The number of rotatable bonds is 4. The summed E-state index contributed by atoms with van der Waals surface area (Å²) in [5, 5.41) is 15.1. The smallest absolute Gasteiger partial charge is 0.131 e. The van der Waals surface area contributed by atoms with Gasteiger partial charge in [-0.05, 0) is 52.9 Å². The first-order valence-electron chi connectivity index (χ1n) is 9.69. The number of ether oxygens (including phenoxy) is 1. The molecule has 0 radical (unpaired) electrons. The summed E-state index contributed by atoms with van der Waals surface area (Å²) in [4.78, 5) is 0. The largest absolute Gasteiger partial charge is 0.389 e. The van der Waals surface area contributed by atoms with Crippen LogP contribution in [-0.4, -0.2) is 24.8 Å². The maximum Gasteiger partial charge on any atom is 0.131 e. The molecule has 2 unspecified atom stereocenters. The van der Waals surface area contributed by atoms with Crippen molar-refractivity contribution < 1.29 is 9.84 Å². The maximum atomic E-state index is 10.4. The zero-order chi connectivity index (χ0) is 20.4. The molecule has 1 fully saturated rings. The van der Waals surface area contributed by atoms with Gasteiger partial charge in [0.2, 0.25) is 0 Å². The molecule has 0 aliphatic carbocycles. The minimum absolute atomic E-state index is 0.568. The molecule has 1 saturated heterocycles. The number of hydrogen-bond acceptors (Lipinski definition) is 3. The molecule has 3 nitrogen and oxygen atoms in total. The van der Waals surface area contributed by atoms with E-state index in [1.54, 1.807) is 13.0 Å². The maximum absolute atomic E-state index is 10.4. The lowest BCUT2D eigenvalue weighted by molar-refractivity contribution is -0.0416. The van der Waals surface area contributed by atoms with E-state index in [2.05, 4.69) is 17.4 Å². The van der Waals surface area contributed by atoms with E-state index >= 15 is 0 Å². The SMILES string of the molecule is CC(O)c1ccccc1C1(c2ccccc2-c2cc(Cl)cc(Cl)c2)CNCCO1. The molecule has 29 heavy (non-hydrogen) atoms. The van der Waals surface area contributed by atoms with Gasteiger partial charge in [-0.2, -0.15) is 0 Å². The highest BCUT2D eigenvalue weighted by molar-refractivity contribution is 6.35. The molecule has 4 rings (SSSR count). The van der Waals surface area contributed by atoms with Crippen molar-refractivity contribution >= 4 is 23.2 Å². The van der Waals surface area contributed by atoms with Gasteiger partial charge in [0.25, 0.3) is 0 Å². The lowest BCUT2D eigenvalue weighted by Crippen LogP contribution is -2.49. The summed E-state index contributed by atoms with van der Waals surface area (Å²) in [6.45, 7) is 3.73. The Kier molecular flexibility index (Phi) is 5.95. The third kappa shape index (κ3) is 3.94. The molecule has 5 heteroatoms. The molecule has 1 aliphatic heterocycles. The Morgan fingerprint density at radius 1 is 0.966 bits per heavy atom. The molecule has 1 aliphatic rings. The topological polar surface area (TPSA) is 41.5 Å². The first-order chi connectivity index (χ1) is 14.0. The van der Waals surface area contributed by atoms with Crippen LogP contribution in [0.3, 0.4) is 0 Å². The van der Waals surface area contributed by atoms with Crippen molar-refractivity contribution in [3.63, 3.8) is 0 Å². The average Bonchev–Trinajstić information content (AvgIpc) is 2.73. The standard InChI is InChI=1S/C24H23Cl2NO2/c1-16(28)20-6-2-4-8-22(20)24(15-27-10-11-29-24)23-9-5-3-7-21(23)17-12-18(25)14-19(26)13-17/h2-9,12-14,16,27-28H,10-11,15H2,1H3. The molecule has 3 aromatic rings. The Hall–Kier alpha value is -1.88. The van der Waals surface area contributed by atoms with Crippen LogP contribution in [0.15, 0.2) is 66.7 Å². The fourth-order valence-corrected chi connectivity index (χ4v) is 4.66. The Labute approximate surface area is 181 Å². The zero-order valence-corrected chi connectivity index (χ0v) is 17.7. The van der Waals surface area contributed by atoms with Crippen molar-refractivity contribution in [1.82, 2.24) is 5.32 Å². The molecule has 2 atom stereocenters. The number of benzene rings is 3. The molecule has 0 saturated carbocycles. The first-order valence-corrected chi connectivity index (χ1v) is 10.4. The van der Waals surface area contributed by atoms with Crippen LogP contribution in [0.4, 0.5) is 0 Å². The van der Waals surface area contributed by atoms with Gasteiger partial charge < -0.3 is 15.2 Å². The van der Waals surface area contributed by atoms with Crippen LogP contribution in [-0.2, 0) is 10.3 Å². The zero-order valence-electron chi connectivity index (χ0n) is 16.2. The van der Waals surface area contributed by atoms with Gasteiger partial charge in [0.05, 0.1) is 12.7 Å². The van der Waals surface area contributed by atoms with Crippen molar-refractivity contribution in [2.24, 2.45) is 0 Å². The van der Waals surface area contributed by atoms with Crippen molar-refractivity contribution in [3.8, 4) is 11.1 Å². The minimum atomic E-state index is -0.739. The molecule has 1 heterocycles. The normalized spacial score (nSPS) is 20.4. The molecule has 150 valence electrons. The van der Waals surface area contributed by atoms with E-state index in [0.29, 0.717) is 23.2 Å². The summed E-state index contributed by atoms with van der Waals surface area (Å²) < 4.78 is 6.51. The van der Waals surface area contributed by atoms with Gasteiger partial charge in [-0.15, -0.1) is 0 Å². The van der Waals surface area contributed by atoms with Crippen LogP contribution in [0.5, 0.6) is 0 Å². The van der Waals surface area contributed by atoms with Crippen molar-refractivity contribution in [2.75, 3.05) is 19.7 Å².